The number of hydrogen-bond acceptors (Lipinski definition) is 4. The minimum atomic E-state index is 0.642. The maximum absolute atomic E-state index is 5.94. The van der Waals surface area contributed by atoms with Crippen LogP contribution >= 0.6 is 27.3 Å². The first-order valence-electron chi connectivity index (χ1n) is 4.99. The second kappa shape index (κ2) is 3.82. The van der Waals surface area contributed by atoms with Crippen molar-refractivity contribution in [3.63, 3.8) is 0 Å². The number of aromatic nitrogens is 3. The summed E-state index contributed by atoms with van der Waals surface area (Å²) in [4.78, 5) is 4.56. The van der Waals surface area contributed by atoms with Gasteiger partial charge in [-0.15, -0.1) is 11.3 Å². The Bertz CT molecular complexity index is 701. The van der Waals surface area contributed by atoms with Crippen molar-refractivity contribution in [2.75, 3.05) is 5.73 Å². The quantitative estimate of drug-likeness (QED) is 0.751. The summed E-state index contributed by atoms with van der Waals surface area (Å²) < 4.78 is 3.84. The maximum Gasteiger partial charge on any atom is 0.131 e. The molecule has 0 atom stereocenters. The lowest BCUT2D eigenvalue weighted by Crippen LogP contribution is -1.97. The summed E-state index contributed by atoms with van der Waals surface area (Å²) in [5.41, 5.74) is 7.82. The average molecular weight is 309 g/mol. The third kappa shape index (κ3) is 1.73. The Hall–Kier alpha value is -1.40. The Kier molecular flexibility index (Phi) is 2.41. The third-order valence-electron chi connectivity index (χ3n) is 2.57. The van der Waals surface area contributed by atoms with Crippen LogP contribution in [0.4, 0.5) is 5.82 Å². The van der Waals surface area contributed by atoms with Crippen LogP contribution < -0.4 is 5.73 Å². The molecule has 0 fully saturated rings. The molecular weight excluding hydrogens is 300 g/mol. The first-order chi connectivity index (χ1) is 8.15. The molecule has 0 saturated heterocycles. The van der Waals surface area contributed by atoms with Gasteiger partial charge >= 0.3 is 0 Å². The monoisotopic (exact) mass is 308 g/mol. The zero-order valence-corrected chi connectivity index (χ0v) is 11.4. The van der Waals surface area contributed by atoms with Gasteiger partial charge in [-0.2, -0.15) is 5.10 Å². The fraction of sp³-hybridized carbons (Fsp3) is 0.0909. The van der Waals surface area contributed by atoms with Crippen LogP contribution in [0.1, 0.15) is 0 Å². The van der Waals surface area contributed by atoms with Crippen molar-refractivity contribution >= 4 is 43.3 Å². The van der Waals surface area contributed by atoms with E-state index in [-0.39, 0.29) is 0 Å². The summed E-state index contributed by atoms with van der Waals surface area (Å²) in [5.74, 6) is 0.642. The number of fused-ring (bicyclic) bond motifs is 1. The van der Waals surface area contributed by atoms with Gasteiger partial charge in [0, 0.05) is 11.5 Å². The minimum absolute atomic E-state index is 0.642. The number of nitrogens with two attached hydrogens (primary N) is 1. The van der Waals surface area contributed by atoms with E-state index < -0.39 is 0 Å². The highest BCUT2D eigenvalue weighted by molar-refractivity contribution is 9.10. The van der Waals surface area contributed by atoms with Crippen LogP contribution in [0.2, 0.25) is 0 Å². The summed E-state index contributed by atoms with van der Waals surface area (Å²) in [6, 6.07) is 6.04. The molecule has 1 aromatic carbocycles. The SMILES string of the molecule is Cn1ncc(-c2nc3ccc(Br)cc3s2)c1N. The van der Waals surface area contributed by atoms with Gasteiger partial charge in [0.05, 0.1) is 22.0 Å². The van der Waals surface area contributed by atoms with E-state index in [0.717, 1.165) is 25.3 Å². The predicted molar refractivity (Wildman–Crippen MR) is 73.9 cm³/mol. The van der Waals surface area contributed by atoms with E-state index in [1.54, 1.807) is 22.2 Å². The third-order valence-corrected chi connectivity index (χ3v) is 4.11. The molecule has 0 radical (unpaired) electrons. The molecule has 0 bridgehead atoms. The molecule has 0 unspecified atom stereocenters. The van der Waals surface area contributed by atoms with Crippen LogP contribution in [0.15, 0.2) is 28.9 Å². The van der Waals surface area contributed by atoms with Crippen LogP contribution in [-0.4, -0.2) is 14.8 Å². The number of thiazole rings is 1. The van der Waals surface area contributed by atoms with Gasteiger partial charge in [0.15, 0.2) is 0 Å². The van der Waals surface area contributed by atoms with E-state index in [1.165, 1.54) is 0 Å². The zero-order valence-electron chi connectivity index (χ0n) is 9.01. The van der Waals surface area contributed by atoms with Gasteiger partial charge in [0.25, 0.3) is 0 Å². The Labute approximate surface area is 110 Å². The number of anilines is 1. The molecule has 17 heavy (non-hydrogen) atoms. The molecule has 3 aromatic rings. The molecular formula is C11H9BrN4S. The highest BCUT2D eigenvalue weighted by Crippen LogP contribution is 2.34. The Morgan fingerprint density at radius 2 is 2.24 bits per heavy atom. The van der Waals surface area contributed by atoms with E-state index in [9.17, 15) is 0 Å². The summed E-state index contributed by atoms with van der Waals surface area (Å²) >= 11 is 5.07. The molecule has 0 saturated carbocycles. The first kappa shape index (κ1) is 10.7. The van der Waals surface area contributed by atoms with Gasteiger partial charge in [-0.25, -0.2) is 4.98 Å². The van der Waals surface area contributed by atoms with Crippen molar-refractivity contribution < 1.29 is 0 Å². The average Bonchev–Trinajstić information content (AvgIpc) is 2.83. The van der Waals surface area contributed by atoms with E-state index >= 15 is 0 Å². The topological polar surface area (TPSA) is 56.7 Å². The molecule has 6 heteroatoms. The number of aryl methyl sites for hydroxylation is 1. The fourth-order valence-electron chi connectivity index (χ4n) is 1.63. The Morgan fingerprint density at radius 1 is 1.41 bits per heavy atom. The van der Waals surface area contributed by atoms with Gasteiger partial charge in [-0.05, 0) is 18.2 Å². The number of nitrogen functional groups attached to an aromatic ring is 1. The highest BCUT2D eigenvalue weighted by atomic mass is 79.9. The number of halogens is 1. The van der Waals surface area contributed by atoms with Crippen molar-refractivity contribution in [2.45, 2.75) is 0 Å². The molecule has 0 spiro atoms. The number of hydrogen-bond donors (Lipinski definition) is 1. The van der Waals surface area contributed by atoms with Gasteiger partial charge < -0.3 is 5.73 Å². The van der Waals surface area contributed by atoms with Crippen LogP contribution in [0.3, 0.4) is 0 Å². The molecule has 86 valence electrons. The summed E-state index contributed by atoms with van der Waals surface area (Å²) in [5, 5.41) is 5.04. The van der Waals surface area contributed by atoms with Crippen molar-refractivity contribution in [3.8, 4) is 10.6 Å². The minimum Gasteiger partial charge on any atom is -0.383 e. The molecule has 2 heterocycles. The predicted octanol–water partition coefficient (Wildman–Crippen LogP) is 3.04. The number of benzene rings is 1. The lowest BCUT2D eigenvalue weighted by Gasteiger charge is -1.94. The zero-order chi connectivity index (χ0) is 12.0. The highest BCUT2D eigenvalue weighted by Gasteiger charge is 2.12. The lowest BCUT2D eigenvalue weighted by molar-refractivity contribution is 0.779. The molecule has 4 nitrogen and oxygen atoms in total. The normalized spacial score (nSPS) is 11.2. The largest absolute Gasteiger partial charge is 0.383 e. The second-order valence-electron chi connectivity index (χ2n) is 3.70. The molecule has 0 amide bonds. The maximum atomic E-state index is 5.94. The standard InChI is InChI=1S/C11H9BrN4S/c1-16-10(13)7(5-14-16)11-15-8-3-2-6(12)4-9(8)17-11/h2-5H,13H2,1H3. The van der Waals surface area contributed by atoms with Gasteiger partial charge in [-0.1, -0.05) is 15.9 Å². The van der Waals surface area contributed by atoms with Crippen LogP contribution in [0, 0.1) is 0 Å². The van der Waals surface area contributed by atoms with E-state index in [4.69, 9.17) is 5.73 Å². The summed E-state index contributed by atoms with van der Waals surface area (Å²) in [6.07, 6.45) is 1.75. The molecule has 2 N–H and O–H groups in total. The van der Waals surface area contributed by atoms with Crippen molar-refractivity contribution in [1.82, 2.24) is 14.8 Å². The molecule has 0 aliphatic carbocycles. The molecule has 0 aliphatic heterocycles. The molecule has 3 rings (SSSR count). The summed E-state index contributed by atoms with van der Waals surface area (Å²) in [7, 11) is 1.82. The van der Waals surface area contributed by atoms with Gasteiger partial charge in [-0.3, -0.25) is 4.68 Å². The Morgan fingerprint density at radius 3 is 2.94 bits per heavy atom. The van der Waals surface area contributed by atoms with Crippen molar-refractivity contribution in [3.05, 3.63) is 28.9 Å². The molecule has 0 aliphatic rings. The van der Waals surface area contributed by atoms with Crippen LogP contribution in [0.5, 0.6) is 0 Å². The van der Waals surface area contributed by atoms with Gasteiger partial charge in [0.2, 0.25) is 0 Å². The van der Waals surface area contributed by atoms with Crippen LogP contribution in [-0.2, 0) is 7.05 Å². The van der Waals surface area contributed by atoms with Gasteiger partial charge in [0.1, 0.15) is 10.8 Å². The van der Waals surface area contributed by atoms with E-state index in [2.05, 4.69) is 32.1 Å². The number of nitrogens with zero attached hydrogens (tertiary/aromatic N) is 3. The second-order valence-corrected chi connectivity index (χ2v) is 5.64. The van der Waals surface area contributed by atoms with Crippen molar-refractivity contribution in [2.24, 2.45) is 7.05 Å². The van der Waals surface area contributed by atoms with Crippen LogP contribution in [0.25, 0.3) is 20.8 Å². The van der Waals surface area contributed by atoms with E-state index in [1.807, 2.05) is 19.2 Å². The first-order valence-corrected chi connectivity index (χ1v) is 6.60. The lowest BCUT2D eigenvalue weighted by atomic mass is 10.3. The van der Waals surface area contributed by atoms with E-state index in [0.29, 0.717) is 5.82 Å². The smallest absolute Gasteiger partial charge is 0.131 e. The Balaban J connectivity index is 2.21. The van der Waals surface area contributed by atoms with Crippen molar-refractivity contribution in [1.29, 1.82) is 0 Å². The summed E-state index contributed by atoms with van der Waals surface area (Å²) in [6.45, 7) is 0. The molecule has 2 aromatic heterocycles. The number of rotatable bonds is 1. The fourth-order valence-corrected chi connectivity index (χ4v) is 3.16.